The van der Waals surface area contributed by atoms with Crippen molar-refractivity contribution in [1.82, 2.24) is 25.5 Å². The Morgan fingerprint density at radius 2 is 1.88 bits per heavy atom. The van der Waals surface area contributed by atoms with E-state index >= 15 is 0 Å². The molecule has 134 valence electrons. The molecule has 1 unspecified atom stereocenters. The predicted octanol–water partition coefficient (Wildman–Crippen LogP) is 1.56. The summed E-state index contributed by atoms with van der Waals surface area (Å²) in [6.07, 6.45) is 2.60. The second-order valence-corrected chi connectivity index (χ2v) is 7.86. The SMILES string of the molecule is CC(NC(=O)c1cccc(-n2cnnn2)c1)c1ccc(S(C)(=O)=O)cc1. The average Bonchev–Trinajstić information content (AvgIpc) is 3.16. The smallest absolute Gasteiger partial charge is 0.251 e. The first-order chi connectivity index (χ1) is 12.3. The van der Waals surface area contributed by atoms with Crippen LogP contribution < -0.4 is 5.32 Å². The van der Waals surface area contributed by atoms with Crippen LogP contribution in [0.15, 0.2) is 59.8 Å². The van der Waals surface area contributed by atoms with Gasteiger partial charge in [-0.1, -0.05) is 18.2 Å². The third kappa shape index (κ3) is 3.94. The molecule has 26 heavy (non-hydrogen) atoms. The van der Waals surface area contributed by atoms with Gasteiger partial charge in [-0.25, -0.2) is 13.1 Å². The van der Waals surface area contributed by atoms with Crippen LogP contribution >= 0.6 is 0 Å². The summed E-state index contributed by atoms with van der Waals surface area (Å²) < 4.78 is 24.5. The number of rotatable bonds is 5. The fraction of sp³-hybridized carbons (Fsp3) is 0.176. The Morgan fingerprint density at radius 3 is 2.50 bits per heavy atom. The Bertz CT molecular complexity index is 1010. The highest BCUT2D eigenvalue weighted by Crippen LogP contribution is 2.17. The van der Waals surface area contributed by atoms with Crippen molar-refractivity contribution in [2.45, 2.75) is 17.9 Å². The zero-order valence-electron chi connectivity index (χ0n) is 14.2. The van der Waals surface area contributed by atoms with E-state index in [0.29, 0.717) is 11.3 Å². The van der Waals surface area contributed by atoms with Gasteiger partial charge in [-0.3, -0.25) is 4.79 Å². The van der Waals surface area contributed by atoms with E-state index in [0.717, 1.165) is 11.8 Å². The summed E-state index contributed by atoms with van der Waals surface area (Å²) in [6.45, 7) is 1.83. The van der Waals surface area contributed by atoms with Gasteiger partial charge in [-0.15, -0.1) is 5.10 Å². The minimum Gasteiger partial charge on any atom is -0.346 e. The lowest BCUT2D eigenvalue weighted by Gasteiger charge is -2.15. The molecule has 3 aromatic rings. The lowest BCUT2D eigenvalue weighted by atomic mass is 10.1. The first kappa shape index (κ1) is 17.7. The van der Waals surface area contributed by atoms with Gasteiger partial charge in [-0.2, -0.15) is 0 Å². The van der Waals surface area contributed by atoms with Crippen molar-refractivity contribution in [2.24, 2.45) is 0 Å². The Labute approximate surface area is 150 Å². The van der Waals surface area contributed by atoms with Gasteiger partial charge in [0.1, 0.15) is 6.33 Å². The summed E-state index contributed by atoms with van der Waals surface area (Å²) in [5.41, 5.74) is 1.95. The second kappa shape index (κ2) is 7.04. The van der Waals surface area contributed by atoms with Crippen LogP contribution in [-0.4, -0.2) is 40.8 Å². The molecule has 0 spiro atoms. The van der Waals surface area contributed by atoms with Crippen LogP contribution in [0.25, 0.3) is 5.69 Å². The van der Waals surface area contributed by atoms with Crippen LogP contribution in [0.3, 0.4) is 0 Å². The summed E-state index contributed by atoms with van der Waals surface area (Å²) in [5.74, 6) is -0.250. The van der Waals surface area contributed by atoms with Crippen molar-refractivity contribution < 1.29 is 13.2 Å². The number of sulfone groups is 1. The molecule has 1 heterocycles. The number of tetrazole rings is 1. The topological polar surface area (TPSA) is 107 Å². The standard InChI is InChI=1S/C17H17N5O3S/c1-12(13-6-8-16(9-7-13)26(2,24)25)19-17(23)14-4-3-5-15(10-14)22-11-18-20-21-22/h3-12H,1-2H3,(H,19,23). The van der Waals surface area contributed by atoms with Gasteiger partial charge in [0.15, 0.2) is 9.84 Å². The van der Waals surface area contributed by atoms with E-state index in [2.05, 4.69) is 20.8 Å². The predicted molar refractivity (Wildman–Crippen MR) is 94.6 cm³/mol. The Kier molecular flexibility index (Phi) is 4.81. The number of carbonyl (C=O) groups is 1. The van der Waals surface area contributed by atoms with Crippen molar-refractivity contribution in [2.75, 3.05) is 6.26 Å². The van der Waals surface area contributed by atoms with Crippen molar-refractivity contribution in [1.29, 1.82) is 0 Å². The lowest BCUT2D eigenvalue weighted by Crippen LogP contribution is -2.26. The molecule has 1 amide bonds. The zero-order chi connectivity index (χ0) is 18.7. The van der Waals surface area contributed by atoms with E-state index in [4.69, 9.17) is 0 Å². The fourth-order valence-electron chi connectivity index (χ4n) is 2.44. The quantitative estimate of drug-likeness (QED) is 0.729. The fourth-order valence-corrected chi connectivity index (χ4v) is 3.07. The van der Waals surface area contributed by atoms with Crippen molar-refractivity contribution >= 4 is 15.7 Å². The molecule has 0 bridgehead atoms. The van der Waals surface area contributed by atoms with Crippen LogP contribution in [0.4, 0.5) is 0 Å². The third-order valence-electron chi connectivity index (χ3n) is 3.88. The average molecular weight is 371 g/mol. The van der Waals surface area contributed by atoms with Gasteiger partial charge in [-0.05, 0) is 53.2 Å². The molecule has 9 heteroatoms. The van der Waals surface area contributed by atoms with E-state index < -0.39 is 9.84 Å². The molecule has 0 aliphatic rings. The molecular weight excluding hydrogens is 354 g/mol. The summed E-state index contributed by atoms with van der Waals surface area (Å²) >= 11 is 0. The largest absolute Gasteiger partial charge is 0.346 e. The first-order valence-electron chi connectivity index (χ1n) is 7.79. The van der Waals surface area contributed by atoms with Crippen LogP contribution in [0.1, 0.15) is 28.9 Å². The number of carbonyl (C=O) groups excluding carboxylic acids is 1. The lowest BCUT2D eigenvalue weighted by molar-refractivity contribution is 0.0940. The van der Waals surface area contributed by atoms with E-state index in [1.54, 1.807) is 36.4 Å². The minimum atomic E-state index is -3.24. The number of hydrogen-bond acceptors (Lipinski definition) is 6. The van der Waals surface area contributed by atoms with Gasteiger partial charge < -0.3 is 5.32 Å². The van der Waals surface area contributed by atoms with Gasteiger partial charge in [0.05, 0.1) is 16.6 Å². The summed E-state index contributed by atoms with van der Waals surface area (Å²) in [6, 6.07) is 13.1. The van der Waals surface area contributed by atoms with E-state index in [1.807, 2.05) is 6.92 Å². The van der Waals surface area contributed by atoms with Crippen LogP contribution in [-0.2, 0) is 9.84 Å². The zero-order valence-corrected chi connectivity index (χ0v) is 15.0. The molecule has 0 saturated heterocycles. The molecular formula is C17H17N5O3S. The number of benzene rings is 2. The van der Waals surface area contributed by atoms with Crippen molar-refractivity contribution in [3.05, 3.63) is 66.0 Å². The molecule has 0 fully saturated rings. The number of nitrogens with zero attached hydrogens (tertiary/aromatic N) is 4. The Balaban J connectivity index is 1.74. The van der Waals surface area contributed by atoms with Crippen molar-refractivity contribution in [3.63, 3.8) is 0 Å². The number of aromatic nitrogens is 4. The molecule has 1 N–H and O–H groups in total. The van der Waals surface area contributed by atoms with E-state index in [9.17, 15) is 13.2 Å². The van der Waals surface area contributed by atoms with Gasteiger partial charge >= 0.3 is 0 Å². The Morgan fingerprint density at radius 1 is 1.15 bits per heavy atom. The molecule has 0 radical (unpaired) electrons. The number of hydrogen-bond donors (Lipinski definition) is 1. The molecule has 0 aliphatic heterocycles. The monoisotopic (exact) mass is 371 g/mol. The molecule has 1 aromatic heterocycles. The maximum atomic E-state index is 12.5. The normalized spacial score (nSPS) is 12.5. The summed E-state index contributed by atoms with van der Waals surface area (Å²) in [7, 11) is -3.24. The van der Waals surface area contributed by atoms with E-state index in [1.165, 1.54) is 23.1 Å². The second-order valence-electron chi connectivity index (χ2n) is 5.84. The molecule has 0 saturated carbocycles. The molecule has 0 aliphatic carbocycles. The van der Waals surface area contributed by atoms with Gasteiger partial charge in [0.25, 0.3) is 5.91 Å². The Hall–Kier alpha value is -3.07. The third-order valence-corrected chi connectivity index (χ3v) is 5.01. The van der Waals surface area contributed by atoms with Crippen LogP contribution in [0.5, 0.6) is 0 Å². The molecule has 1 atom stereocenters. The van der Waals surface area contributed by atoms with Crippen molar-refractivity contribution in [3.8, 4) is 5.69 Å². The van der Waals surface area contributed by atoms with E-state index in [-0.39, 0.29) is 16.8 Å². The highest BCUT2D eigenvalue weighted by Gasteiger charge is 2.14. The number of amides is 1. The maximum absolute atomic E-state index is 12.5. The summed E-state index contributed by atoms with van der Waals surface area (Å²) in [4.78, 5) is 12.8. The van der Waals surface area contributed by atoms with Gasteiger partial charge in [0, 0.05) is 11.8 Å². The molecule has 3 rings (SSSR count). The highest BCUT2D eigenvalue weighted by molar-refractivity contribution is 7.90. The van der Waals surface area contributed by atoms with Crippen LogP contribution in [0, 0.1) is 0 Å². The van der Waals surface area contributed by atoms with Gasteiger partial charge in [0.2, 0.25) is 0 Å². The maximum Gasteiger partial charge on any atom is 0.251 e. The molecule has 8 nitrogen and oxygen atoms in total. The highest BCUT2D eigenvalue weighted by atomic mass is 32.2. The molecule has 2 aromatic carbocycles. The van der Waals surface area contributed by atoms with Crippen LogP contribution in [0.2, 0.25) is 0 Å². The minimum absolute atomic E-state index is 0.244. The summed E-state index contributed by atoms with van der Waals surface area (Å²) in [5, 5.41) is 13.8. The first-order valence-corrected chi connectivity index (χ1v) is 9.68. The number of nitrogens with one attached hydrogen (secondary N) is 1.